The second-order valence-corrected chi connectivity index (χ2v) is 2.96. The van der Waals surface area contributed by atoms with Crippen molar-refractivity contribution in [1.29, 1.82) is 0 Å². The monoisotopic (exact) mass is 214 g/mol. The molecule has 56 valence electrons. The molecule has 0 saturated carbocycles. The normalized spacial score (nSPS) is 10.7. The maximum absolute atomic E-state index is 12.6. The highest BCUT2D eigenvalue weighted by Crippen LogP contribution is 2.25. The van der Waals surface area contributed by atoms with E-state index in [-0.39, 0.29) is 5.82 Å². The molecule has 0 bridgehead atoms. The van der Waals surface area contributed by atoms with Crippen LogP contribution in [0.15, 0.2) is 33.5 Å². The summed E-state index contributed by atoms with van der Waals surface area (Å²) in [5, 5.41) is 1.67. The second kappa shape index (κ2) is 2.34. The summed E-state index contributed by atoms with van der Waals surface area (Å²) in [5.74, 6) is -0.245. The van der Waals surface area contributed by atoms with E-state index < -0.39 is 0 Å². The summed E-state index contributed by atoms with van der Waals surface area (Å²) in [6, 6.07) is 4.52. The Balaban J connectivity index is 2.86. The third-order valence-electron chi connectivity index (χ3n) is 1.51. The van der Waals surface area contributed by atoms with Crippen LogP contribution in [-0.4, -0.2) is 0 Å². The van der Waals surface area contributed by atoms with Gasteiger partial charge in [-0.2, -0.15) is 0 Å². The smallest absolute Gasteiger partial charge is 0.176 e. The Morgan fingerprint density at radius 3 is 3.00 bits per heavy atom. The van der Waals surface area contributed by atoms with E-state index in [9.17, 15) is 4.39 Å². The molecule has 2 rings (SSSR count). The van der Waals surface area contributed by atoms with Gasteiger partial charge in [-0.15, -0.1) is 0 Å². The summed E-state index contributed by atoms with van der Waals surface area (Å²) in [7, 11) is 0. The first-order chi connectivity index (χ1) is 5.27. The van der Waals surface area contributed by atoms with Gasteiger partial charge in [0, 0.05) is 10.8 Å². The summed E-state index contributed by atoms with van der Waals surface area (Å²) in [4.78, 5) is 0. The summed E-state index contributed by atoms with van der Waals surface area (Å²) in [6.07, 6.45) is 1.52. The van der Waals surface area contributed by atoms with Crippen LogP contribution in [-0.2, 0) is 0 Å². The number of benzene rings is 1. The average molecular weight is 215 g/mol. The first-order valence-electron chi connectivity index (χ1n) is 3.09. The minimum atomic E-state index is -0.245. The fourth-order valence-corrected chi connectivity index (χ4v) is 1.44. The molecule has 0 spiro atoms. The van der Waals surface area contributed by atoms with E-state index in [2.05, 4.69) is 15.9 Å². The van der Waals surface area contributed by atoms with Gasteiger partial charge in [0.2, 0.25) is 0 Å². The number of furan rings is 1. The van der Waals surface area contributed by atoms with Crippen molar-refractivity contribution >= 4 is 26.7 Å². The third-order valence-corrected chi connectivity index (χ3v) is 2.13. The highest BCUT2D eigenvalue weighted by Gasteiger charge is 2.02. The third kappa shape index (κ3) is 1.05. The summed E-state index contributed by atoms with van der Waals surface area (Å²) >= 11 is 3.20. The molecule has 1 nitrogen and oxygen atoms in total. The lowest BCUT2D eigenvalue weighted by atomic mass is 10.2. The number of hydrogen-bond donors (Lipinski definition) is 0. The standard InChI is InChI=1S/C8H4BrFO/c9-8-7-2-1-6(10)3-5(7)4-11-8/h1-4H. The van der Waals surface area contributed by atoms with Crippen LogP contribution >= 0.6 is 15.9 Å². The molecule has 0 unspecified atom stereocenters. The fourth-order valence-electron chi connectivity index (χ4n) is 0.989. The second-order valence-electron chi connectivity index (χ2n) is 2.24. The lowest BCUT2D eigenvalue weighted by molar-refractivity contribution is 0.546. The Hall–Kier alpha value is -0.830. The van der Waals surface area contributed by atoms with Crippen LogP contribution in [0.3, 0.4) is 0 Å². The Morgan fingerprint density at radius 2 is 2.18 bits per heavy atom. The quantitative estimate of drug-likeness (QED) is 0.656. The van der Waals surface area contributed by atoms with Gasteiger partial charge in [-0.1, -0.05) is 0 Å². The molecule has 0 atom stereocenters. The minimum absolute atomic E-state index is 0.245. The van der Waals surface area contributed by atoms with E-state index in [1.807, 2.05) is 0 Å². The molecule has 0 N–H and O–H groups in total. The highest BCUT2D eigenvalue weighted by atomic mass is 79.9. The van der Waals surface area contributed by atoms with Crippen molar-refractivity contribution in [1.82, 2.24) is 0 Å². The Bertz CT molecular complexity index is 394. The molecule has 1 aromatic heterocycles. The number of fused-ring (bicyclic) bond motifs is 1. The Morgan fingerprint density at radius 1 is 1.36 bits per heavy atom. The molecule has 0 radical (unpaired) electrons. The molecule has 0 saturated heterocycles. The van der Waals surface area contributed by atoms with Gasteiger partial charge in [0.25, 0.3) is 0 Å². The van der Waals surface area contributed by atoms with Gasteiger partial charge >= 0.3 is 0 Å². The lowest BCUT2D eigenvalue weighted by Crippen LogP contribution is -1.70. The van der Waals surface area contributed by atoms with Crippen LogP contribution in [0.2, 0.25) is 0 Å². The highest BCUT2D eigenvalue weighted by molar-refractivity contribution is 9.10. The van der Waals surface area contributed by atoms with Gasteiger partial charge in [0.1, 0.15) is 5.82 Å². The molecule has 0 aliphatic carbocycles. The summed E-state index contributed by atoms with van der Waals surface area (Å²) < 4.78 is 18.3. The van der Waals surface area contributed by atoms with E-state index in [1.54, 1.807) is 6.07 Å². The lowest BCUT2D eigenvalue weighted by Gasteiger charge is -1.87. The first-order valence-corrected chi connectivity index (χ1v) is 3.89. The number of halogens is 2. The van der Waals surface area contributed by atoms with Crippen molar-refractivity contribution in [2.24, 2.45) is 0 Å². The van der Waals surface area contributed by atoms with Crippen molar-refractivity contribution in [3.05, 3.63) is 34.9 Å². The molecule has 0 aliphatic rings. The van der Waals surface area contributed by atoms with E-state index in [4.69, 9.17) is 4.42 Å². The van der Waals surface area contributed by atoms with Gasteiger partial charge in [0.05, 0.1) is 6.26 Å². The molecular formula is C8H4BrFO. The fraction of sp³-hybridized carbons (Fsp3) is 0. The van der Waals surface area contributed by atoms with Gasteiger partial charge in [-0.25, -0.2) is 4.39 Å². The molecule has 3 heteroatoms. The maximum atomic E-state index is 12.6. The van der Waals surface area contributed by atoms with E-state index in [1.165, 1.54) is 18.4 Å². The average Bonchev–Trinajstić information content (AvgIpc) is 2.32. The molecule has 0 amide bonds. The van der Waals surface area contributed by atoms with Gasteiger partial charge in [0.15, 0.2) is 4.67 Å². The van der Waals surface area contributed by atoms with Crippen LogP contribution in [0.4, 0.5) is 4.39 Å². The number of rotatable bonds is 0. The minimum Gasteiger partial charge on any atom is -0.456 e. The molecule has 1 heterocycles. The van der Waals surface area contributed by atoms with Crippen molar-refractivity contribution in [3.8, 4) is 0 Å². The number of hydrogen-bond acceptors (Lipinski definition) is 1. The van der Waals surface area contributed by atoms with Crippen molar-refractivity contribution in [3.63, 3.8) is 0 Å². The Kier molecular flexibility index (Phi) is 1.46. The zero-order valence-corrected chi connectivity index (χ0v) is 7.06. The van der Waals surface area contributed by atoms with Gasteiger partial charge < -0.3 is 4.42 Å². The summed E-state index contributed by atoms with van der Waals surface area (Å²) in [5.41, 5.74) is 0. The van der Waals surface area contributed by atoms with Crippen molar-refractivity contribution in [2.75, 3.05) is 0 Å². The zero-order valence-electron chi connectivity index (χ0n) is 5.47. The van der Waals surface area contributed by atoms with Gasteiger partial charge in [-0.05, 0) is 34.1 Å². The van der Waals surface area contributed by atoms with Crippen LogP contribution in [0.1, 0.15) is 0 Å². The van der Waals surface area contributed by atoms with Crippen LogP contribution < -0.4 is 0 Å². The first kappa shape index (κ1) is 6.85. The van der Waals surface area contributed by atoms with Crippen LogP contribution in [0.25, 0.3) is 10.8 Å². The maximum Gasteiger partial charge on any atom is 0.176 e. The van der Waals surface area contributed by atoms with E-state index >= 15 is 0 Å². The molecule has 0 aliphatic heterocycles. The largest absolute Gasteiger partial charge is 0.456 e. The SMILES string of the molecule is Fc1ccc2c(Br)occ2c1. The van der Waals surface area contributed by atoms with Crippen molar-refractivity contribution < 1.29 is 8.81 Å². The van der Waals surface area contributed by atoms with Crippen molar-refractivity contribution in [2.45, 2.75) is 0 Å². The predicted octanol–water partition coefficient (Wildman–Crippen LogP) is 3.33. The molecule has 0 fully saturated rings. The van der Waals surface area contributed by atoms with Gasteiger partial charge in [-0.3, -0.25) is 0 Å². The molecule has 11 heavy (non-hydrogen) atoms. The molecule has 2 aromatic rings. The molecular weight excluding hydrogens is 211 g/mol. The topological polar surface area (TPSA) is 13.1 Å². The zero-order chi connectivity index (χ0) is 7.84. The Labute approximate surface area is 70.9 Å². The molecule has 1 aromatic carbocycles. The van der Waals surface area contributed by atoms with Crippen LogP contribution in [0, 0.1) is 5.82 Å². The predicted molar refractivity (Wildman–Crippen MR) is 43.9 cm³/mol. The van der Waals surface area contributed by atoms with E-state index in [0.29, 0.717) is 4.67 Å². The van der Waals surface area contributed by atoms with E-state index in [0.717, 1.165) is 10.8 Å². The van der Waals surface area contributed by atoms with Crippen LogP contribution in [0.5, 0.6) is 0 Å². The summed E-state index contributed by atoms with van der Waals surface area (Å²) in [6.45, 7) is 0.